The van der Waals surface area contributed by atoms with Crippen LogP contribution in [0.5, 0.6) is 0 Å². The van der Waals surface area contributed by atoms with E-state index in [1.54, 1.807) is 25.7 Å². The standard InChI is InChI=1S/C19H28N4O4/c1-5-27-17(25)14-12(2)15(21-13(14)3)16(24)23-9-6-19(7-10-23)18(26)20-8-11-22(19)4/h21H,5-11H2,1-4H3,(H,20,26). The summed E-state index contributed by atoms with van der Waals surface area (Å²) in [6.45, 7) is 8.05. The van der Waals surface area contributed by atoms with Crippen molar-refractivity contribution in [2.75, 3.05) is 39.8 Å². The maximum atomic E-state index is 13.0. The minimum absolute atomic E-state index is 0.0554. The summed E-state index contributed by atoms with van der Waals surface area (Å²) in [4.78, 5) is 44.6. The Hall–Kier alpha value is -2.35. The summed E-state index contributed by atoms with van der Waals surface area (Å²) >= 11 is 0. The molecule has 0 radical (unpaired) electrons. The molecule has 2 aliphatic heterocycles. The number of aryl methyl sites for hydroxylation is 1. The van der Waals surface area contributed by atoms with Gasteiger partial charge in [-0.15, -0.1) is 0 Å². The van der Waals surface area contributed by atoms with E-state index in [9.17, 15) is 14.4 Å². The number of rotatable bonds is 3. The lowest BCUT2D eigenvalue weighted by Crippen LogP contribution is -2.67. The Balaban J connectivity index is 1.76. The molecule has 27 heavy (non-hydrogen) atoms. The minimum Gasteiger partial charge on any atom is -0.462 e. The van der Waals surface area contributed by atoms with E-state index in [1.807, 2.05) is 7.05 Å². The molecule has 2 aliphatic rings. The van der Waals surface area contributed by atoms with Crippen LogP contribution in [0.25, 0.3) is 0 Å². The van der Waals surface area contributed by atoms with Crippen LogP contribution in [0, 0.1) is 13.8 Å². The Labute approximate surface area is 159 Å². The Morgan fingerprint density at radius 2 is 1.85 bits per heavy atom. The number of likely N-dealkylation sites (tertiary alicyclic amines) is 1. The first-order valence-electron chi connectivity index (χ1n) is 9.47. The molecule has 2 fully saturated rings. The quantitative estimate of drug-likeness (QED) is 0.763. The van der Waals surface area contributed by atoms with Gasteiger partial charge in [-0.2, -0.15) is 0 Å². The molecule has 8 nitrogen and oxygen atoms in total. The van der Waals surface area contributed by atoms with E-state index in [-0.39, 0.29) is 18.4 Å². The topological polar surface area (TPSA) is 94.7 Å². The van der Waals surface area contributed by atoms with Gasteiger partial charge in [0.05, 0.1) is 12.2 Å². The second-order valence-electron chi connectivity index (χ2n) is 7.35. The molecule has 3 heterocycles. The second kappa shape index (κ2) is 7.34. The third-order valence-electron chi connectivity index (χ3n) is 5.89. The first-order valence-corrected chi connectivity index (χ1v) is 9.47. The van der Waals surface area contributed by atoms with Crippen LogP contribution in [-0.4, -0.2) is 77.9 Å². The zero-order valence-electron chi connectivity index (χ0n) is 16.5. The second-order valence-corrected chi connectivity index (χ2v) is 7.35. The highest BCUT2D eigenvalue weighted by Gasteiger charge is 2.47. The summed E-state index contributed by atoms with van der Waals surface area (Å²) in [6, 6.07) is 0. The smallest absolute Gasteiger partial charge is 0.340 e. The molecule has 0 atom stereocenters. The van der Waals surface area contributed by atoms with Crippen molar-refractivity contribution in [3.8, 4) is 0 Å². The van der Waals surface area contributed by atoms with E-state index in [0.717, 1.165) is 6.54 Å². The number of esters is 1. The molecule has 0 bridgehead atoms. The number of nitrogens with one attached hydrogen (secondary N) is 2. The fourth-order valence-electron chi connectivity index (χ4n) is 4.21. The highest BCUT2D eigenvalue weighted by Crippen LogP contribution is 2.31. The van der Waals surface area contributed by atoms with Crippen LogP contribution < -0.4 is 5.32 Å². The molecule has 2 N–H and O–H groups in total. The number of piperazine rings is 1. The Kier molecular flexibility index (Phi) is 5.28. The molecule has 0 unspecified atom stereocenters. The van der Waals surface area contributed by atoms with Crippen molar-refractivity contribution in [1.82, 2.24) is 20.1 Å². The van der Waals surface area contributed by atoms with Crippen molar-refractivity contribution in [2.45, 2.75) is 39.2 Å². The van der Waals surface area contributed by atoms with Crippen LogP contribution in [0.2, 0.25) is 0 Å². The van der Waals surface area contributed by atoms with Gasteiger partial charge in [0, 0.05) is 31.9 Å². The van der Waals surface area contributed by atoms with E-state index >= 15 is 0 Å². The zero-order valence-corrected chi connectivity index (χ0v) is 16.5. The summed E-state index contributed by atoms with van der Waals surface area (Å²) < 4.78 is 5.09. The fourth-order valence-corrected chi connectivity index (χ4v) is 4.21. The number of aromatic amines is 1. The monoisotopic (exact) mass is 376 g/mol. The van der Waals surface area contributed by atoms with Crippen LogP contribution in [0.1, 0.15) is 51.9 Å². The van der Waals surface area contributed by atoms with Gasteiger partial charge >= 0.3 is 5.97 Å². The number of carbonyl (C=O) groups excluding carboxylic acids is 3. The van der Waals surface area contributed by atoms with E-state index in [1.165, 1.54) is 0 Å². The first kappa shape index (κ1) is 19.4. The van der Waals surface area contributed by atoms with E-state index in [4.69, 9.17) is 4.74 Å². The zero-order chi connectivity index (χ0) is 19.8. The van der Waals surface area contributed by atoms with E-state index in [2.05, 4.69) is 15.2 Å². The SMILES string of the molecule is CCOC(=O)c1c(C)[nH]c(C(=O)N2CCC3(CC2)C(=O)NCCN3C)c1C. The summed E-state index contributed by atoms with van der Waals surface area (Å²) in [6.07, 6.45) is 1.20. The number of H-pyrrole nitrogens is 1. The van der Waals surface area contributed by atoms with Crippen LogP contribution in [-0.2, 0) is 9.53 Å². The number of aromatic nitrogens is 1. The Bertz CT molecular complexity index is 762. The molecule has 1 aromatic heterocycles. The lowest BCUT2D eigenvalue weighted by atomic mass is 9.83. The van der Waals surface area contributed by atoms with Crippen LogP contribution >= 0.6 is 0 Å². The number of carbonyl (C=O) groups is 3. The van der Waals surface area contributed by atoms with Crippen molar-refractivity contribution < 1.29 is 19.1 Å². The minimum atomic E-state index is -0.522. The van der Waals surface area contributed by atoms with E-state index < -0.39 is 11.5 Å². The number of likely N-dealkylation sites (N-methyl/N-ethyl adjacent to an activating group) is 1. The van der Waals surface area contributed by atoms with Gasteiger partial charge in [-0.1, -0.05) is 0 Å². The molecule has 3 rings (SSSR count). The van der Waals surface area contributed by atoms with Gasteiger partial charge in [-0.05, 0) is 46.2 Å². The summed E-state index contributed by atoms with van der Waals surface area (Å²) in [5.41, 5.74) is 1.58. The van der Waals surface area contributed by atoms with Crippen molar-refractivity contribution in [1.29, 1.82) is 0 Å². The van der Waals surface area contributed by atoms with Crippen molar-refractivity contribution >= 4 is 17.8 Å². The van der Waals surface area contributed by atoms with E-state index in [0.29, 0.717) is 55.0 Å². The van der Waals surface area contributed by atoms with Crippen LogP contribution in [0.3, 0.4) is 0 Å². The third-order valence-corrected chi connectivity index (χ3v) is 5.89. The van der Waals surface area contributed by atoms with Crippen LogP contribution in [0.15, 0.2) is 0 Å². The predicted molar refractivity (Wildman–Crippen MR) is 99.7 cm³/mol. The van der Waals surface area contributed by atoms with Crippen LogP contribution in [0.4, 0.5) is 0 Å². The summed E-state index contributed by atoms with van der Waals surface area (Å²) in [5.74, 6) is -0.499. The summed E-state index contributed by atoms with van der Waals surface area (Å²) in [5, 5.41) is 2.95. The number of amides is 2. The maximum absolute atomic E-state index is 13.0. The number of hydrogen-bond acceptors (Lipinski definition) is 5. The maximum Gasteiger partial charge on any atom is 0.340 e. The van der Waals surface area contributed by atoms with Gasteiger partial charge in [-0.3, -0.25) is 14.5 Å². The highest BCUT2D eigenvalue weighted by molar-refractivity contribution is 6.00. The van der Waals surface area contributed by atoms with Gasteiger partial charge in [0.15, 0.2) is 0 Å². The molecular formula is C19H28N4O4. The fraction of sp³-hybridized carbons (Fsp3) is 0.632. The van der Waals surface area contributed by atoms with Gasteiger partial charge in [-0.25, -0.2) is 4.79 Å². The van der Waals surface area contributed by atoms with Gasteiger partial charge in [0.1, 0.15) is 11.2 Å². The van der Waals surface area contributed by atoms with Gasteiger partial charge in [0.25, 0.3) is 5.91 Å². The molecular weight excluding hydrogens is 348 g/mol. The average molecular weight is 376 g/mol. The Morgan fingerprint density at radius 1 is 1.19 bits per heavy atom. The molecule has 2 amide bonds. The van der Waals surface area contributed by atoms with Gasteiger partial charge in [0.2, 0.25) is 5.91 Å². The lowest BCUT2D eigenvalue weighted by molar-refractivity contribution is -0.139. The highest BCUT2D eigenvalue weighted by atomic mass is 16.5. The largest absolute Gasteiger partial charge is 0.462 e. The number of hydrogen-bond donors (Lipinski definition) is 2. The van der Waals surface area contributed by atoms with Crippen molar-refractivity contribution in [3.05, 3.63) is 22.5 Å². The Morgan fingerprint density at radius 3 is 2.44 bits per heavy atom. The molecule has 2 saturated heterocycles. The molecule has 8 heteroatoms. The molecule has 0 saturated carbocycles. The summed E-state index contributed by atoms with van der Waals surface area (Å²) in [7, 11) is 1.97. The molecule has 1 spiro atoms. The molecule has 0 aromatic carbocycles. The normalized spacial score (nSPS) is 19.9. The third kappa shape index (κ3) is 3.22. The predicted octanol–water partition coefficient (Wildman–Crippen LogP) is 0.845. The number of piperidine rings is 1. The molecule has 148 valence electrons. The number of nitrogens with zero attached hydrogens (tertiary/aromatic N) is 2. The van der Waals surface area contributed by atoms with Crippen molar-refractivity contribution in [3.63, 3.8) is 0 Å². The van der Waals surface area contributed by atoms with Crippen molar-refractivity contribution in [2.24, 2.45) is 0 Å². The lowest BCUT2D eigenvalue weighted by Gasteiger charge is -2.48. The first-order chi connectivity index (χ1) is 12.8. The molecule has 0 aliphatic carbocycles. The number of ether oxygens (including phenoxy) is 1. The van der Waals surface area contributed by atoms with Gasteiger partial charge < -0.3 is 19.9 Å². The molecule has 1 aromatic rings. The average Bonchev–Trinajstić information content (AvgIpc) is 2.94.